The first-order chi connectivity index (χ1) is 9.63. The highest BCUT2D eigenvalue weighted by atomic mass is 79.9. The van der Waals surface area contributed by atoms with Gasteiger partial charge in [0.25, 0.3) is 0 Å². The molecule has 4 nitrogen and oxygen atoms in total. The third-order valence-electron chi connectivity index (χ3n) is 2.59. The number of nitrogens with two attached hydrogens (primary N) is 1. The van der Waals surface area contributed by atoms with Crippen LogP contribution in [0.25, 0.3) is 0 Å². The van der Waals surface area contributed by atoms with E-state index >= 15 is 0 Å². The fourth-order valence-corrected chi connectivity index (χ4v) is 2.10. The van der Waals surface area contributed by atoms with Crippen molar-refractivity contribution >= 4 is 33.2 Å². The fraction of sp³-hybridized carbons (Fsp3) is 0.133. The van der Waals surface area contributed by atoms with Gasteiger partial charge in [0.05, 0.1) is 6.61 Å². The molecular formula is C15H15BrN2O2. The number of anilines is 2. The lowest BCUT2D eigenvalue weighted by molar-refractivity contribution is -0.121. The lowest BCUT2D eigenvalue weighted by Crippen LogP contribution is -2.18. The van der Waals surface area contributed by atoms with E-state index in [1.165, 1.54) is 0 Å². The molecule has 0 radical (unpaired) electrons. The Morgan fingerprint density at radius 1 is 1.20 bits per heavy atom. The maximum absolute atomic E-state index is 11.7. The summed E-state index contributed by atoms with van der Waals surface area (Å²) >= 11 is 3.39. The van der Waals surface area contributed by atoms with Crippen LogP contribution in [0.15, 0.2) is 53.0 Å². The van der Waals surface area contributed by atoms with Gasteiger partial charge in [0, 0.05) is 15.8 Å². The van der Waals surface area contributed by atoms with Gasteiger partial charge in [-0.3, -0.25) is 4.79 Å². The minimum atomic E-state index is -0.190. The van der Waals surface area contributed by atoms with E-state index in [1.54, 1.807) is 24.3 Å². The summed E-state index contributed by atoms with van der Waals surface area (Å²) in [5, 5.41) is 2.74. The number of halogens is 1. The second-order valence-corrected chi connectivity index (χ2v) is 5.21. The zero-order valence-corrected chi connectivity index (χ0v) is 12.4. The molecular weight excluding hydrogens is 320 g/mol. The van der Waals surface area contributed by atoms with Gasteiger partial charge in [0.2, 0.25) is 5.91 Å². The fourth-order valence-electron chi connectivity index (χ4n) is 1.65. The van der Waals surface area contributed by atoms with Crippen LogP contribution in [-0.2, 0) is 16.1 Å². The van der Waals surface area contributed by atoms with E-state index in [1.807, 2.05) is 24.3 Å². The van der Waals surface area contributed by atoms with Crippen LogP contribution in [0.4, 0.5) is 11.4 Å². The number of ether oxygens (including phenoxy) is 1. The van der Waals surface area contributed by atoms with Gasteiger partial charge < -0.3 is 15.8 Å². The van der Waals surface area contributed by atoms with Crippen molar-refractivity contribution in [1.82, 2.24) is 0 Å². The Morgan fingerprint density at radius 2 is 1.95 bits per heavy atom. The Balaban J connectivity index is 1.76. The lowest BCUT2D eigenvalue weighted by atomic mass is 10.2. The first-order valence-electron chi connectivity index (χ1n) is 6.11. The molecule has 0 atom stereocenters. The topological polar surface area (TPSA) is 64.3 Å². The molecule has 1 amide bonds. The molecule has 3 N–H and O–H groups in total. The number of nitrogens with one attached hydrogen (secondary N) is 1. The van der Waals surface area contributed by atoms with Crippen LogP contribution >= 0.6 is 15.9 Å². The number of rotatable bonds is 5. The summed E-state index contributed by atoms with van der Waals surface area (Å²) < 4.78 is 6.37. The average molecular weight is 335 g/mol. The quantitative estimate of drug-likeness (QED) is 0.825. The molecule has 104 valence electrons. The predicted octanol–water partition coefficient (Wildman–Crippen LogP) is 3.19. The number of amides is 1. The van der Waals surface area contributed by atoms with Crippen LogP contribution in [0.1, 0.15) is 5.56 Å². The molecule has 0 spiro atoms. The van der Waals surface area contributed by atoms with Crippen LogP contribution in [0.3, 0.4) is 0 Å². The zero-order valence-electron chi connectivity index (χ0n) is 10.8. The first-order valence-corrected chi connectivity index (χ1v) is 6.90. The summed E-state index contributed by atoms with van der Waals surface area (Å²) in [6.07, 6.45) is 0. The number of benzene rings is 2. The van der Waals surface area contributed by atoms with Gasteiger partial charge in [0.15, 0.2) is 0 Å². The Hall–Kier alpha value is -1.85. The zero-order chi connectivity index (χ0) is 14.4. The van der Waals surface area contributed by atoms with Gasteiger partial charge in [-0.05, 0) is 42.0 Å². The van der Waals surface area contributed by atoms with Gasteiger partial charge in [-0.1, -0.05) is 28.1 Å². The van der Waals surface area contributed by atoms with E-state index in [4.69, 9.17) is 10.5 Å². The molecule has 0 saturated heterocycles. The van der Waals surface area contributed by atoms with Crippen molar-refractivity contribution in [3.05, 3.63) is 58.6 Å². The largest absolute Gasteiger partial charge is 0.399 e. The normalized spacial score (nSPS) is 10.2. The number of carbonyl (C=O) groups is 1. The second-order valence-electron chi connectivity index (χ2n) is 4.29. The van der Waals surface area contributed by atoms with E-state index < -0.39 is 0 Å². The van der Waals surface area contributed by atoms with Gasteiger partial charge in [-0.15, -0.1) is 0 Å². The standard InChI is InChI=1S/C15H15BrN2O2/c16-12-3-1-2-11(8-12)9-20-10-15(19)18-14-6-4-13(17)5-7-14/h1-8H,9-10,17H2,(H,18,19). The van der Waals surface area contributed by atoms with Crippen LogP contribution in [-0.4, -0.2) is 12.5 Å². The van der Waals surface area contributed by atoms with E-state index in [9.17, 15) is 4.79 Å². The van der Waals surface area contributed by atoms with E-state index in [0.717, 1.165) is 10.0 Å². The summed E-state index contributed by atoms with van der Waals surface area (Å²) in [5.41, 5.74) is 7.95. The highest BCUT2D eigenvalue weighted by molar-refractivity contribution is 9.10. The minimum Gasteiger partial charge on any atom is -0.399 e. The van der Waals surface area contributed by atoms with Gasteiger partial charge in [0.1, 0.15) is 6.61 Å². The Bertz CT molecular complexity index is 585. The maximum atomic E-state index is 11.7. The Morgan fingerprint density at radius 3 is 2.65 bits per heavy atom. The van der Waals surface area contributed by atoms with Crippen LogP contribution in [0.5, 0.6) is 0 Å². The number of nitrogen functional groups attached to an aromatic ring is 1. The van der Waals surface area contributed by atoms with Gasteiger partial charge in [-0.25, -0.2) is 0 Å². The molecule has 0 fully saturated rings. The van der Waals surface area contributed by atoms with Crippen molar-refractivity contribution in [1.29, 1.82) is 0 Å². The van der Waals surface area contributed by atoms with E-state index in [-0.39, 0.29) is 12.5 Å². The van der Waals surface area contributed by atoms with Crippen LogP contribution in [0.2, 0.25) is 0 Å². The smallest absolute Gasteiger partial charge is 0.250 e. The van der Waals surface area contributed by atoms with Crippen LogP contribution in [0, 0.1) is 0 Å². The summed E-state index contributed by atoms with van der Waals surface area (Å²) in [7, 11) is 0. The average Bonchev–Trinajstić information content (AvgIpc) is 2.41. The van der Waals surface area contributed by atoms with Crippen molar-refractivity contribution in [2.45, 2.75) is 6.61 Å². The molecule has 2 aromatic carbocycles. The lowest BCUT2D eigenvalue weighted by Gasteiger charge is -2.07. The van der Waals surface area contributed by atoms with Gasteiger partial charge >= 0.3 is 0 Å². The SMILES string of the molecule is Nc1ccc(NC(=O)COCc2cccc(Br)c2)cc1. The highest BCUT2D eigenvalue weighted by Crippen LogP contribution is 2.13. The maximum Gasteiger partial charge on any atom is 0.250 e. The molecule has 5 heteroatoms. The molecule has 0 unspecified atom stereocenters. The molecule has 0 aromatic heterocycles. The third kappa shape index (κ3) is 4.68. The van der Waals surface area contributed by atoms with Gasteiger partial charge in [-0.2, -0.15) is 0 Å². The molecule has 2 rings (SSSR count). The molecule has 20 heavy (non-hydrogen) atoms. The molecule has 0 saturated carbocycles. The van der Waals surface area contributed by atoms with Crippen molar-refractivity contribution in [2.75, 3.05) is 17.7 Å². The highest BCUT2D eigenvalue weighted by Gasteiger charge is 2.03. The molecule has 2 aromatic rings. The van der Waals surface area contributed by atoms with E-state index in [0.29, 0.717) is 18.0 Å². The Kier molecular flexibility index (Phi) is 5.15. The number of hydrogen-bond donors (Lipinski definition) is 2. The summed E-state index contributed by atoms with van der Waals surface area (Å²) in [5.74, 6) is -0.190. The molecule has 0 heterocycles. The summed E-state index contributed by atoms with van der Waals surface area (Å²) in [6.45, 7) is 0.408. The number of carbonyl (C=O) groups excluding carboxylic acids is 1. The van der Waals surface area contributed by atoms with Crippen molar-refractivity contribution < 1.29 is 9.53 Å². The molecule has 0 bridgehead atoms. The van der Waals surface area contributed by atoms with Crippen molar-refractivity contribution in [2.24, 2.45) is 0 Å². The summed E-state index contributed by atoms with van der Waals surface area (Å²) in [4.78, 5) is 11.7. The molecule has 0 aliphatic rings. The molecule has 0 aliphatic heterocycles. The van der Waals surface area contributed by atoms with Crippen molar-refractivity contribution in [3.8, 4) is 0 Å². The third-order valence-corrected chi connectivity index (χ3v) is 3.08. The summed E-state index contributed by atoms with van der Waals surface area (Å²) in [6, 6.07) is 14.7. The monoisotopic (exact) mass is 334 g/mol. The minimum absolute atomic E-state index is 0.0108. The predicted molar refractivity (Wildman–Crippen MR) is 83.3 cm³/mol. The Labute approximate surface area is 126 Å². The van der Waals surface area contributed by atoms with Crippen molar-refractivity contribution in [3.63, 3.8) is 0 Å². The molecule has 0 aliphatic carbocycles. The van der Waals surface area contributed by atoms with E-state index in [2.05, 4.69) is 21.2 Å². The number of hydrogen-bond acceptors (Lipinski definition) is 3. The van der Waals surface area contributed by atoms with Crippen LogP contribution < -0.4 is 11.1 Å². The second kappa shape index (κ2) is 7.07. The first kappa shape index (κ1) is 14.6.